The molecule has 1 aromatic heterocycles. The summed E-state index contributed by atoms with van der Waals surface area (Å²) in [6, 6.07) is 3.85. The summed E-state index contributed by atoms with van der Waals surface area (Å²) in [5.74, 6) is 1.60. The average molecular weight is 276 g/mol. The van der Waals surface area contributed by atoms with Gasteiger partial charge in [-0.2, -0.15) is 0 Å². The van der Waals surface area contributed by atoms with Crippen LogP contribution in [-0.4, -0.2) is 26.0 Å². The zero-order chi connectivity index (χ0) is 14.7. The summed E-state index contributed by atoms with van der Waals surface area (Å²) in [6.07, 6.45) is 0.518. The molecule has 0 spiro atoms. The van der Waals surface area contributed by atoms with Crippen LogP contribution < -0.4 is 4.74 Å². The quantitative estimate of drug-likeness (QED) is 0.465. The lowest BCUT2D eigenvalue weighted by atomic mass is 10.2. The number of benzene rings is 1. The van der Waals surface area contributed by atoms with Gasteiger partial charge in [-0.1, -0.05) is 0 Å². The molecule has 0 unspecified atom stereocenters. The van der Waals surface area contributed by atoms with Gasteiger partial charge < -0.3 is 9.30 Å². The van der Waals surface area contributed by atoms with Crippen LogP contribution in [0.5, 0.6) is 5.75 Å². The Morgan fingerprint density at radius 3 is 2.75 bits per heavy atom. The van der Waals surface area contributed by atoms with Crippen molar-refractivity contribution in [2.75, 3.05) is 0 Å². The second-order valence-electron chi connectivity index (χ2n) is 4.11. The number of ether oxygens (including phenoxy) is 1. The van der Waals surface area contributed by atoms with Gasteiger partial charge >= 0.3 is 0 Å². The Bertz CT molecular complexity index is 665. The van der Waals surface area contributed by atoms with E-state index in [1.54, 1.807) is 18.5 Å². The van der Waals surface area contributed by atoms with Gasteiger partial charge in [0.05, 0.1) is 10.5 Å². The maximum Gasteiger partial charge on any atom is 0.270 e. The Morgan fingerprint density at radius 1 is 1.45 bits per heavy atom. The molecule has 8 heteroatoms. The molecular formula is C12H12N4O4. The third-order valence-electron chi connectivity index (χ3n) is 2.87. The van der Waals surface area contributed by atoms with Gasteiger partial charge in [-0.05, 0) is 13.0 Å². The van der Waals surface area contributed by atoms with E-state index in [4.69, 9.17) is 4.74 Å². The summed E-state index contributed by atoms with van der Waals surface area (Å²) in [7, 11) is 1.80. The molecule has 0 atom stereocenters. The molecule has 0 aliphatic heterocycles. The number of hydrogen-bond acceptors (Lipinski definition) is 6. The first-order chi connectivity index (χ1) is 9.52. The third kappa shape index (κ3) is 2.63. The number of aldehydes is 1. The zero-order valence-electron chi connectivity index (χ0n) is 10.9. The number of non-ortho nitro benzene ring substituents is 1. The van der Waals surface area contributed by atoms with Crippen LogP contribution >= 0.6 is 0 Å². The van der Waals surface area contributed by atoms with Crippen molar-refractivity contribution in [3.05, 3.63) is 45.5 Å². The van der Waals surface area contributed by atoms with Gasteiger partial charge in [0.25, 0.3) is 5.69 Å². The van der Waals surface area contributed by atoms with Crippen molar-refractivity contribution in [3.63, 3.8) is 0 Å². The number of nitro groups is 1. The van der Waals surface area contributed by atoms with E-state index in [2.05, 4.69) is 10.2 Å². The number of aryl methyl sites for hydroxylation is 1. The molecule has 0 saturated heterocycles. The molecular weight excluding hydrogens is 264 g/mol. The minimum atomic E-state index is -0.567. The van der Waals surface area contributed by atoms with E-state index >= 15 is 0 Å². The fourth-order valence-corrected chi connectivity index (χ4v) is 1.59. The average Bonchev–Trinajstić information content (AvgIpc) is 2.76. The minimum absolute atomic E-state index is 0.121. The van der Waals surface area contributed by atoms with Crippen molar-refractivity contribution in [1.29, 1.82) is 0 Å². The number of aromatic nitrogens is 3. The van der Waals surface area contributed by atoms with Gasteiger partial charge in [0.1, 0.15) is 18.2 Å². The van der Waals surface area contributed by atoms with Crippen LogP contribution in [0.4, 0.5) is 5.69 Å². The van der Waals surface area contributed by atoms with Crippen molar-refractivity contribution in [3.8, 4) is 5.75 Å². The zero-order valence-corrected chi connectivity index (χ0v) is 10.9. The summed E-state index contributed by atoms with van der Waals surface area (Å²) < 4.78 is 7.22. The first-order valence-electron chi connectivity index (χ1n) is 5.74. The van der Waals surface area contributed by atoms with Crippen molar-refractivity contribution in [2.45, 2.75) is 13.5 Å². The molecule has 20 heavy (non-hydrogen) atoms. The maximum atomic E-state index is 10.9. The molecule has 0 N–H and O–H groups in total. The van der Waals surface area contributed by atoms with Gasteiger partial charge in [0.15, 0.2) is 12.1 Å². The molecule has 1 aromatic carbocycles. The molecule has 8 nitrogen and oxygen atoms in total. The highest BCUT2D eigenvalue weighted by Gasteiger charge is 2.12. The molecule has 0 amide bonds. The van der Waals surface area contributed by atoms with E-state index in [0.29, 0.717) is 12.1 Å². The van der Waals surface area contributed by atoms with Crippen LogP contribution in [0.1, 0.15) is 22.0 Å². The van der Waals surface area contributed by atoms with Crippen LogP contribution in [0.2, 0.25) is 0 Å². The Hall–Kier alpha value is -2.77. The van der Waals surface area contributed by atoms with Crippen LogP contribution in [-0.2, 0) is 13.7 Å². The molecule has 0 aliphatic carbocycles. The highest BCUT2D eigenvalue weighted by atomic mass is 16.6. The van der Waals surface area contributed by atoms with Gasteiger partial charge in [-0.3, -0.25) is 14.9 Å². The normalized spacial score (nSPS) is 10.3. The largest absolute Gasteiger partial charge is 0.485 e. The third-order valence-corrected chi connectivity index (χ3v) is 2.87. The maximum absolute atomic E-state index is 10.9. The van der Waals surface area contributed by atoms with Crippen molar-refractivity contribution in [1.82, 2.24) is 14.8 Å². The Kier molecular flexibility index (Phi) is 3.74. The SMILES string of the molecule is Cc1nnc(COc2ccc([N+](=O)[O-])cc2C=O)n1C. The summed E-state index contributed by atoms with van der Waals surface area (Å²) >= 11 is 0. The Balaban J connectivity index is 2.19. The molecule has 2 rings (SSSR count). The van der Waals surface area contributed by atoms with Gasteiger partial charge in [0, 0.05) is 19.2 Å². The number of carbonyl (C=O) groups is 1. The molecule has 0 saturated carbocycles. The van der Waals surface area contributed by atoms with E-state index in [1.807, 2.05) is 0 Å². The number of hydrogen-bond donors (Lipinski definition) is 0. The number of nitro benzene ring substituents is 1. The summed E-state index contributed by atoms with van der Waals surface area (Å²) in [6.45, 7) is 1.93. The van der Waals surface area contributed by atoms with Gasteiger partial charge in [-0.15, -0.1) is 10.2 Å². The molecule has 1 heterocycles. The summed E-state index contributed by atoms with van der Waals surface area (Å²) in [5, 5.41) is 18.4. The predicted octanol–water partition coefficient (Wildman–Crippen LogP) is 1.42. The molecule has 0 aliphatic rings. The lowest BCUT2D eigenvalue weighted by Gasteiger charge is -2.07. The van der Waals surface area contributed by atoms with Crippen LogP contribution in [0.15, 0.2) is 18.2 Å². The number of carbonyl (C=O) groups excluding carboxylic acids is 1. The van der Waals surface area contributed by atoms with E-state index < -0.39 is 4.92 Å². The second-order valence-corrected chi connectivity index (χ2v) is 4.11. The van der Waals surface area contributed by atoms with E-state index in [-0.39, 0.29) is 23.6 Å². The standard InChI is InChI=1S/C12H12N4O4/c1-8-13-14-12(15(8)2)7-20-11-4-3-10(16(18)19)5-9(11)6-17/h3-6H,7H2,1-2H3. The van der Waals surface area contributed by atoms with Gasteiger partial charge in [-0.25, -0.2) is 0 Å². The number of nitrogens with zero attached hydrogens (tertiary/aromatic N) is 4. The first kappa shape index (κ1) is 13.7. The summed E-state index contributed by atoms with van der Waals surface area (Å²) in [4.78, 5) is 21.0. The topological polar surface area (TPSA) is 100 Å². The van der Waals surface area contributed by atoms with Crippen molar-refractivity contribution >= 4 is 12.0 Å². The Morgan fingerprint density at radius 2 is 2.20 bits per heavy atom. The highest BCUT2D eigenvalue weighted by molar-refractivity contribution is 5.80. The predicted molar refractivity (Wildman–Crippen MR) is 68.6 cm³/mol. The van der Waals surface area contributed by atoms with Crippen LogP contribution in [0, 0.1) is 17.0 Å². The van der Waals surface area contributed by atoms with Crippen molar-refractivity contribution in [2.24, 2.45) is 7.05 Å². The molecule has 0 radical (unpaired) electrons. The van der Waals surface area contributed by atoms with Gasteiger partial charge in [0.2, 0.25) is 0 Å². The first-order valence-corrected chi connectivity index (χ1v) is 5.74. The Labute approximate surface area is 114 Å². The highest BCUT2D eigenvalue weighted by Crippen LogP contribution is 2.23. The second kappa shape index (κ2) is 5.47. The van der Waals surface area contributed by atoms with E-state index in [9.17, 15) is 14.9 Å². The molecule has 104 valence electrons. The van der Waals surface area contributed by atoms with Crippen LogP contribution in [0.25, 0.3) is 0 Å². The number of rotatable bonds is 5. The monoisotopic (exact) mass is 276 g/mol. The van der Waals surface area contributed by atoms with Crippen LogP contribution in [0.3, 0.4) is 0 Å². The molecule has 2 aromatic rings. The lowest BCUT2D eigenvalue weighted by molar-refractivity contribution is -0.384. The lowest BCUT2D eigenvalue weighted by Crippen LogP contribution is -2.05. The fourth-order valence-electron chi connectivity index (χ4n) is 1.59. The van der Waals surface area contributed by atoms with Crippen molar-refractivity contribution < 1.29 is 14.5 Å². The smallest absolute Gasteiger partial charge is 0.270 e. The summed E-state index contributed by atoms with van der Waals surface area (Å²) in [5.41, 5.74) is -0.0351. The minimum Gasteiger partial charge on any atom is -0.485 e. The van der Waals surface area contributed by atoms with E-state index in [0.717, 1.165) is 5.82 Å². The van der Waals surface area contributed by atoms with E-state index in [1.165, 1.54) is 18.2 Å². The molecule has 0 bridgehead atoms. The fraction of sp³-hybridized carbons (Fsp3) is 0.250. The molecule has 0 fully saturated rings.